The molecule has 0 radical (unpaired) electrons. The summed E-state index contributed by atoms with van der Waals surface area (Å²) in [5, 5.41) is 0. The number of nitrogens with two attached hydrogens (primary N) is 1. The lowest BCUT2D eigenvalue weighted by atomic mass is 10.5. The molecule has 7 nitrogen and oxygen atoms in total. The van der Waals surface area contributed by atoms with E-state index in [0.29, 0.717) is 30.7 Å². The topological polar surface area (TPSA) is 91.5 Å². The molecule has 0 saturated heterocycles. The molecule has 96 valence electrons. The number of nitrogens with one attached hydrogen (secondary N) is 1. The maximum atomic E-state index is 5.42. The fraction of sp³-hybridized carbons (Fsp3) is 0.600. The zero-order valence-electron chi connectivity index (χ0n) is 10.1. The fourth-order valence-electron chi connectivity index (χ4n) is 1.19. The SMILES string of the molecule is CCCOCCOc1ncnc(NN)c1OC. The Hall–Kier alpha value is -1.60. The van der Waals surface area contributed by atoms with Crippen LogP contribution in [-0.4, -0.2) is 36.9 Å². The highest BCUT2D eigenvalue weighted by molar-refractivity contribution is 5.54. The van der Waals surface area contributed by atoms with Gasteiger partial charge in [0.25, 0.3) is 5.88 Å². The van der Waals surface area contributed by atoms with Crippen LogP contribution in [0.4, 0.5) is 5.82 Å². The molecule has 1 aromatic heterocycles. The third kappa shape index (κ3) is 4.04. The number of anilines is 1. The van der Waals surface area contributed by atoms with Crippen molar-refractivity contribution in [3.05, 3.63) is 6.33 Å². The Labute approximate surface area is 100 Å². The third-order valence-corrected chi connectivity index (χ3v) is 1.93. The predicted octanol–water partition coefficient (Wildman–Crippen LogP) is 0.576. The van der Waals surface area contributed by atoms with Gasteiger partial charge in [-0.1, -0.05) is 6.92 Å². The standard InChI is InChI=1S/C10H18N4O3/c1-3-4-16-5-6-17-10-8(15-2)9(14-11)12-7-13-10/h7H,3-6,11H2,1-2H3,(H,12,13,14). The molecule has 17 heavy (non-hydrogen) atoms. The summed E-state index contributed by atoms with van der Waals surface area (Å²) in [7, 11) is 1.50. The van der Waals surface area contributed by atoms with E-state index in [4.69, 9.17) is 20.1 Å². The number of methoxy groups -OCH3 is 1. The normalized spacial score (nSPS) is 10.1. The predicted molar refractivity (Wildman–Crippen MR) is 63.0 cm³/mol. The van der Waals surface area contributed by atoms with E-state index in [1.165, 1.54) is 13.4 Å². The third-order valence-electron chi connectivity index (χ3n) is 1.93. The van der Waals surface area contributed by atoms with Gasteiger partial charge in [0.15, 0.2) is 5.82 Å². The number of nitrogens with zero attached hydrogens (tertiary/aromatic N) is 2. The van der Waals surface area contributed by atoms with Crippen LogP contribution in [0.25, 0.3) is 0 Å². The molecule has 0 atom stereocenters. The minimum absolute atomic E-state index is 0.343. The van der Waals surface area contributed by atoms with E-state index in [1.807, 2.05) is 6.92 Å². The largest absolute Gasteiger partial charge is 0.489 e. The average Bonchev–Trinajstić information content (AvgIpc) is 2.38. The van der Waals surface area contributed by atoms with Crippen LogP contribution in [-0.2, 0) is 4.74 Å². The first-order chi connectivity index (χ1) is 8.33. The lowest BCUT2D eigenvalue weighted by Crippen LogP contribution is -2.13. The maximum Gasteiger partial charge on any atom is 0.262 e. The molecule has 7 heteroatoms. The van der Waals surface area contributed by atoms with Gasteiger partial charge < -0.3 is 19.6 Å². The van der Waals surface area contributed by atoms with Gasteiger partial charge in [-0.25, -0.2) is 10.8 Å². The number of nitrogen functional groups attached to an aromatic ring is 1. The lowest BCUT2D eigenvalue weighted by Gasteiger charge is -2.11. The highest BCUT2D eigenvalue weighted by Gasteiger charge is 2.12. The number of rotatable bonds is 8. The highest BCUT2D eigenvalue weighted by atomic mass is 16.5. The van der Waals surface area contributed by atoms with E-state index in [0.717, 1.165) is 13.0 Å². The summed E-state index contributed by atoms with van der Waals surface area (Å²) < 4.78 is 15.8. The molecule has 1 aromatic rings. The second-order valence-corrected chi connectivity index (χ2v) is 3.17. The Morgan fingerprint density at radius 3 is 2.76 bits per heavy atom. The average molecular weight is 242 g/mol. The van der Waals surface area contributed by atoms with Gasteiger partial charge in [0, 0.05) is 6.61 Å². The Bertz CT molecular complexity index is 335. The number of hydrazine groups is 1. The van der Waals surface area contributed by atoms with Gasteiger partial charge in [0.1, 0.15) is 12.9 Å². The summed E-state index contributed by atoms with van der Waals surface area (Å²) in [6.07, 6.45) is 2.33. The van der Waals surface area contributed by atoms with Crippen molar-refractivity contribution in [2.24, 2.45) is 5.84 Å². The van der Waals surface area contributed by atoms with Gasteiger partial charge in [-0.05, 0) is 6.42 Å². The quantitative estimate of drug-likeness (QED) is 0.391. The molecular weight excluding hydrogens is 224 g/mol. The second-order valence-electron chi connectivity index (χ2n) is 3.17. The smallest absolute Gasteiger partial charge is 0.262 e. The van der Waals surface area contributed by atoms with Crippen LogP contribution in [0.1, 0.15) is 13.3 Å². The van der Waals surface area contributed by atoms with Gasteiger partial charge in [-0.15, -0.1) is 0 Å². The number of hydrogen-bond acceptors (Lipinski definition) is 7. The summed E-state index contributed by atoms with van der Waals surface area (Å²) in [4.78, 5) is 7.87. The van der Waals surface area contributed by atoms with Crippen molar-refractivity contribution in [1.29, 1.82) is 0 Å². The fourth-order valence-corrected chi connectivity index (χ4v) is 1.19. The van der Waals surface area contributed by atoms with Crippen molar-refractivity contribution >= 4 is 5.82 Å². The van der Waals surface area contributed by atoms with Crippen LogP contribution in [0, 0.1) is 0 Å². The molecule has 0 aliphatic rings. The van der Waals surface area contributed by atoms with Gasteiger partial charge in [0.2, 0.25) is 5.75 Å². The highest BCUT2D eigenvalue weighted by Crippen LogP contribution is 2.29. The first kappa shape index (κ1) is 13.5. The number of aromatic nitrogens is 2. The molecule has 0 bridgehead atoms. The van der Waals surface area contributed by atoms with Crippen molar-refractivity contribution in [2.45, 2.75) is 13.3 Å². The lowest BCUT2D eigenvalue weighted by molar-refractivity contribution is 0.0977. The summed E-state index contributed by atoms with van der Waals surface area (Å²) >= 11 is 0. The first-order valence-corrected chi connectivity index (χ1v) is 5.39. The summed E-state index contributed by atoms with van der Waals surface area (Å²) in [5.74, 6) is 6.39. The van der Waals surface area contributed by atoms with Crippen molar-refractivity contribution in [3.63, 3.8) is 0 Å². The Balaban J connectivity index is 2.52. The summed E-state index contributed by atoms with van der Waals surface area (Å²) in [5.41, 5.74) is 2.41. The summed E-state index contributed by atoms with van der Waals surface area (Å²) in [6.45, 7) is 3.68. The van der Waals surface area contributed by atoms with Crippen molar-refractivity contribution < 1.29 is 14.2 Å². The zero-order valence-corrected chi connectivity index (χ0v) is 10.1. The zero-order chi connectivity index (χ0) is 12.5. The molecule has 0 fully saturated rings. The number of ether oxygens (including phenoxy) is 3. The minimum Gasteiger partial charge on any atom is -0.489 e. The van der Waals surface area contributed by atoms with E-state index in [-0.39, 0.29) is 0 Å². The van der Waals surface area contributed by atoms with Crippen LogP contribution in [0.2, 0.25) is 0 Å². The molecular formula is C10H18N4O3. The molecule has 0 aromatic carbocycles. The molecule has 0 saturated carbocycles. The Morgan fingerprint density at radius 1 is 1.29 bits per heavy atom. The molecule has 0 aliphatic heterocycles. The number of hydrogen-bond donors (Lipinski definition) is 2. The molecule has 0 aliphatic carbocycles. The maximum absolute atomic E-state index is 5.42. The Kier molecular flexibility index (Phi) is 6.05. The monoisotopic (exact) mass is 242 g/mol. The molecule has 0 spiro atoms. The van der Waals surface area contributed by atoms with Crippen molar-refractivity contribution in [3.8, 4) is 11.6 Å². The molecule has 0 amide bonds. The van der Waals surface area contributed by atoms with Gasteiger partial charge >= 0.3 is 0 Å². The van der Waals surface area contributed by atoms with Crippen molar-refractivity contribution in [2.75, 3.05) is 32.4 Å². The second kappa shape index (κ2) is 7.64. The van der Waals surface area contributed by atoms with Gasteiger partial charge in [-0.2, -0.15) is 4.98 Å². The van der Waals surface area contributed by atoms with Crippen LogP contribution >= 0.6 is 0 Å². The van der Waals surface area contributed by atoms with Crippen molar-refractivity contribution in [1.82, 2.24) is 9.97 Å². The van der Waals surface area contributed by atoms with Gasteiger partial charge in [-0.3, -0.25) is 0 Å². The van der Waals surface area contributed by atoms with Crippen LogP contribution in [0.5, 0.6) is 11.6 Å². The minimum atomic E-state index is 0.343. The first-order valence-electron chi connectivity index (χ1n) is 5.39. The van der Waals surface area contributed by atoms with E-state index in [2.05, 4.69) is 15.4 Å². The van der Waals surface area contributed by atoms with Crippen LogP contribution in [0.3, 0.4) is 0 Å². The van der Waals surface area contributed by atoms with Crippen LogP contribution < -0.4 is 20.7 Å². The van der Waals surface area contributed by atoms with E-state index in [1.54, 1.807) is 0 Å². The van der Waals surface area contributed by atoms with Gasteiger partial charge in [0.05, 0.1) is 13.7 Å². The van der Waals surface area contributed by atoms with E-state index >= 15 is 0 Å². The van der Waals surface area contributed by atoms with E-state index in [9.17, 15) is 0 Å². The molecule has 1 rings (SSSR count). The molecule has 3 N–H and O–H groups in total. The van der Waals surface area contributed by atoms with Crippen LogP contribution in [0.15, 0.2) is 6.33 Å². The summed E-state index contributed by atoms with van der Waals surface area (Å²) in [6, 6.07) is 0. The van der Waals surface area contributed by atoms with E-state index < -0.39 is 0 Å². The molecule has 0 unspecified atom stereocenters. The Morgan fingerprint density at radius 2 is 2.12 bits per heavy atom. The molecule has 1 heterocycles.